The first-order valence-corrected chi connectivity index (χ1v) is 8.10. The van der Waals surface area contributed by atoms with Crippen LogP contribution in [0.25, 0.3) is 0 Å². The monoisotopic (exact) mass is 309 g/mol. The SMILES string of the molecule is CC[C@H](O)CN(CCC(C)C)Cc1cc(OC)cc(OC)c1. The third-order valence-electron chi connectivity index (χ3n) is 3.78. The van der Waals surface area contributed by atoms with Crippen LogP contribution in [0.15, 0.2) is 18.2 Å². The van der Waals surface area contributed by atoms with Gasteiger partial charge in [-0.25, -0.2) is 0 Å². The van der Waals surface area contributed by atoms with Crippen LogP contribution in [0.4, 0.5) is 0 Å². The first kappa shape index (κ1) is 18.8. The number of methoxy groups -OCH3 is 2. The van der Waals surface area contributed by atoms with E-state index in [1.165, 1.54) is 0 Å². The second kappa shape index (κ2) is 9.70. The number of aliphatic hydroxyl groups excluding tert-OH is 1. The molecule has 22 heavy (non-hydrogen) atoms. The van der Waals surface area contributed by atoms with Crippen LogP contribution >= 0.6 is 0 Å². The Balaban J connectivity index is 2.82. The standard InChI is InChI=1S/C18H31NO3/c1-6-16(20)13-19(8-7-14(2)3)12-15-9-17(21-4)11-18(10-15)22-5/h9-11,14,16,20H,6-8,12-13H2,1-5H3/t16-/m0/s1. The summed E-state index contributed by atoms with van der Waals surface area (Å²) in [4.78, 5) is 2.31. The van der Waals surface area contributed by atoms with Crippen molar-refractivity contribution in [1.82, 2.24) is 4.90 Å². The van der Waals surface area contributed by atoms with Gasteiger partial charge in [0.25, 0.3) is 0 Å². The van der Waals surface area contributed by atoms with Crippen molar-refractivity contribution < 1.29 is 14.6 Å². The summed E-state index contributed by atoms with van der Waals surface area (Å²) in [6, 6.07) is 5.94. The Morgan fingerprint density at radius 1 is 1.09 bits per heavy atom. The average Bonchev–Trinajstić information content (AvgIpc) is 2.51. The van der Waals surface area contributed by atoms with Crippen molar-refractivity contribution in [3.8, 4) is 11.5 Å². The van der Waals surface area contributed by atoms with Crippen LogP contribution in [0.2, 0.25) is 0 Å². The summed E-state index contributed by atoms with van der Waals surface area (Å²) in [5.41, 5.74) is 1.14. The normalized spacial score (nSPS) is 12.7. The minimum atomic E-state index is -0.278. The maximum atomic E-state index is 9.98. The number of ether oxygens (including phenoxy) is 2. The van der Waals surface area contributed by atoms with E-state index in [1.54, 1.807) is 14.2 Å². The molecular weight excluding hydrogens is 278 g/mol. The molecule has 0 saturated heterocycles. The summed E-state index contributed by atoms with van der Waals surface area (Å²) in [5, 5.41) is 9.98. The van der Waals surface area contributed by atoms with Crippen LogP contribution in [0.3, 0.4) is 0 Å². The average molecular weight is 309 g/mol. The zero-order valence-corrected chi connectivity index (χ0v) is 14.6. The maximum Gasteiger partial charge on any atom is 0.122 e. The van der Waals surface area contributed by atoms with Crippen LogP contribution in [0, 0.1) is 5.92 Å². The second-order valence-corrected chi connectivity index (χ2v) is 6.20. The number of benzene rings is 1. The Bertz CT molecular complexity index is 412. The van der Waals surface area contributed by atoms with Crippen molar-refractivity contribution >= 4 is 0 Å². The predicted octanol–water partition coefficient (Wildman–Crippen LogP) is 3.32. The highest BCUT2D eigenvalue weighted by Gasteiger charge is 2.13. The van der Waals surface area contributed by atoms with Gasteiger partial charge in [-0.05, 0) is 43.0 Å². The van der Waals surface area contributed by atoms with Gasteiger partial charge in [0.1, 0.15) is 11.5 Å². The highest BCUT2D eigenvalue weighted by atomic mass is 16.5. The predicted molar refractivity (Wildman–Crippen MR) is 90.6 cm³/mol. The van der Waals surface area contributed by atoms with Gasteiger partial charge in [-0.3, -0.25) is 4.90 Å². The smallest absolute Gasteiger partial charge is 0.122 e. The third kappa shape index (κ3) is 6.67. The summed E-state index contributed by atoms with van der Waals surface area (Å²) in [6.45, 7) is 8.93. The number of nitrogens with zero attached hydrogens (tertiary/aromatic N) is 1. The zero-order chi connectivity index (χ0) is 16.5. The third-order valence-corrected chi connectivity index (χ3v) is 3.78. The molecule has 0 amide bonds. The molecule has 0 saturated carbocycles. The van der Waals surface area contributed by atoms with Gasteiger partial charge >= 0.3 is 0 Å². The lowest BCUT2D eigenvalue weighted by molar-refractivity contribution is 0.102. The molecule has 1 aromatic carbocycles. The van der Waals surface area contributed by atoms with E-state index in [2.05, 4.69) is 18.7 Å². The van der Waals surface area contributed by atoms with E-state index in [1.807, 2.05) is 25.1 Å². The van der Waals surface area contributed by atoms with Crippen LogP contribution in [0.5, 0.6) is 11.5 Å². The van der Waals surface area contributed by atoms with Gasteiger partial charge in [-0.1, -0.05) is 20.8 Å². The Labute approximate surface area is 135 Å². The van der Waals surface area contributed by atoms with E-state index in [-0.39, 0.29) is 6.10 Å². The van der Waals surface area contributed by atoms with Crippen LogP contribution in [-0.4, -0.2) is 43.4 Å². The first-order valence-electron chi connectivity index (χ1n) is 8.10. The van der Waals surface area contributed by atoms with E-state index in [0.29, 0.717) is 12.5 Å². The molecule has 126 valence electrons. The topological polar surface area (TPSA) is 41.9 Å². The molecule has 1 N–H and O–H groups in total. The molecule has 1 atom stereocenters. The summed E-state index contributed by atoms with van der Waals surface area (Å²) in [6.07, 6.45) is 1.62. The van der Waals surface area contributed by atoms with Gasteiger partial charge in [-0.2, -0.15) is 0 Å². The Morgan fingerprint density at radius 2 is 1.68 bits per heavy atom. The summed E-state index contributed by atoms with van der Waals surface area (Å²) in [5.74, 6) is 2.25. The van der Waals surface area contributed by atoms with E-state index in [4.69, 9.17) is 9.47 Å². The van der Waals surface area contributed by atoms with Crippen molar-refractivity contribution in [2.45, 2.75) is 46.3 Å². The highest BCUT2D eigenvalue weighted by molar-refractivity contribution is 5.38. The van der Waals surface area contributed by atoms with E-state index in [9.17, 15) is 5.11 Å². The van der Waals surface area contributed by atoms with Crippen molar-refractivity contribution in [2.75, 3.05) is 27.3 Å². The van der Waals surface area contributed by atoms with Crippen molar-refractivity contribution in [3.63, 3.8) is 0 Å². The molecule has 0 aliphatic rings. The van der Waals surface area contributed by atoms with Crippen molar-refractivity contribution in [1.29, 1.82) is 0 Å². The van der Waals surface area contributed by atoms with Gasteiger partial charge in [0.15, 0.2) is 0 Å². The number of hydrogen-bond acceptors (Lipinski definition) is 4. The molecular formula is C18H31NO3. The molecule has 0 aliphatic carbocycles. The van der Waals surface area contributed by atoms with Gasteiger partial charge in [-0.15, -0.1) is 0 Å². The quantitative estimate of drug-likeness (QED) is 0.720. The lowest BCUT2D eigenvalue weighted by atomic mass is 10.1. The van der Waals surface area contributed by atoms with Gasteiger partial charge in [0, 0.05) is 19.2 Å². The minimum Gasteiger partial charge on any atom is -0.497 e. The van der Waals surface area contributed by atoms with Crippen molar-refractivity contribution in [2.24, 2.45) is 5.92 Å². The summed E-state index contributed by atoms with van der Waals surface area (Å²) in [7, 11) is 3.33. The van der Waals surface area contributed by atoms with E-state index >= 15 is 0 Å². The Hall–Kier alpha value is -1.26. The van der Waals surface area contributed by atoms with Crippen LogP contribution < -0.4 is 9.47 Å². The molecule has 0 aliphatic heterocycles. The highest BCUT2D eigenvalue weighted by Crippen LogP contribution is 2.23. The molecule has 0 radical (unpaired) electrons. The molecule has 0 aromatic heterocycles. The largest absolute Gasteiger partial charge is 0.497 e. The zero-order valence-electron chi connectivity index (χ0n) is 14.6. The lowest BCUT2D eigenvalue weighted by Gasteiger charge is -2.26. The molecule has 0 fully saturated rings. The minimum absolute atomic E-state index is 0.278. The lowest BCUT2D eigenvalue weighted by Crippen LogP contribution is -2.33. The molecule has 4 nitrogen and oxygen atoms in total. The van der Waals surface area contributed by atoms with Gasteiger partial charge in [0.2, 0.25) is 0 Å². The fraction of sp³-hybridized carbons (Fsp3) is 0.667. The van der Waals surface area contributed by atoms with E-state index < -0.39 is 0 Å². The first-order chi connectivity index (χ1) is 10.5. The van der Waals surface area contributed by atoms with Crippen LogP contribution in [-0.2, 0) is 6.54 Å². The maximum absolute atomic E-state index is 9.98. The van der Waals surface area contributed by atoms with Crippen molar-refractivity contribution in [3.05, 3.63) is 23.8 Å². The molecule has 0 bridgehead atoms. The molecule has 1 aromatic rings. The fourth-order valence-corrected chi connectivity index (χ4v) is 2.32. The Kier molecular flexibility index (Phi) is 8.28. The number of hydrogen-bond donors (Lipinski definition) is 1. The molecule has 1 rings (SSSR count). The molecule has 4 heteroatoms. The summed E-state index contributed by atoms with van der Waals surface area (Å²) < 4.78 is 10.7. The van der Waals surface area contributed by atoms with Gasteiger partial charge < -0.3 is 14.6 Å². The molecule has 0 unspecified atom stereocenters. The Morgan fingerprint density at radius 3 is 2.14 bits per heavy atom. The van der Waals surface area contributed by atoms with E-state index in [0.717, 1.165) is 43.0 Å². The summed E-state index contributed by atoms with van der Waals surface area (Å²) >= 11 is 0. The van der Waals surface area contributed by atoms with Crippen LogP contribution in [0.1, 0.15) is 39.2 Å². The second-order valence-electron chi connectivity index (χ2n) is 6.20. The molecule has 0 heterocycles. The molecule has 0 spiro atoms. The fourth-order valence-electron chi connectivity index (χ4n) is 2.32. The number of aliphatic hydroxyl groups is 1. The number of rotatable bonds is 10. The van der Waals surface area contributed by atoms with Gasteiger partial charge in [0.05, 0.1) is 20.3 Å².